The van der Waals surface area contributed by atoms with Gasteiger partial charge in [0.05, 0.1) is 10.7 Å². The molecule has 94 valence electrons. The van der Waals surface area contributed by atoms with Gasteiger partial charge in [0.1, 0.15) is 5.75 Å². The van der Waals surface area contributed by atoms with Crippen molar-refractivity contribution in [3.63, 3.8) is 0 Å². The van der Waals surface area contributed by atoms with Crippen LogP contribution in [0.2, 0.25) is 0 Å². The predicted octanol–water partition coefficient (Wildman–Crippen LogP) is 2.93. The zero-order valence-electron chi connectivity index (χ0n) is 10.1. The quantitative estimate of drug-likeness (QED) is 0.673. The van der Waals surface area contributed by atoms with E-state index < -0.39 is 0 Å². The highest BCUT2D eigenvalue weighted by Crippen LogP contribution is 2.30. The van der Waals surface area contributed by atoms with Crippen molar-refractivity contribution < 1.29 is 4.74 Å². The fourth-order valence-electron chi connectivity index (χ4n) is 1.51. The molecule has 0 unspecified atom stereocenters. The van der Waals surface area contributed by atoms with Crippen LogP contribution >= 0.6 is 15.9 Å². The third-order valence-corrected chi connectivity index (χ3v) is 2.92. The largest absolute Gasteiger partial charge is 0.437 e. The summed E-state index contributed by atoms with van der Waals surface area (Å²) < 4.78 is 6.41. The van der Waals surface area contributed by atoms with Gasteiger partial charge in [0.15, 0.2) is 0 Å². The van der Waals surface area contributed by atoms with Crippen LogP contribution in [-0.2, 0) is 0 Å². The second-order valence-corrected chi connectivity index (χ2v) is 4.72. The van der Waals surface area contributed by atoms with Gasteiger partial charge in [0.2, 0.25) is 11.8 Å². The van der Waals surface area contributed by atoms with Gasteiger partial charge in [-0.1, -0.05) is 17.7 Å². The van der Waals surface area contributed by atoms with Gasteiger partial charge in [-0.2, -0.15) is 4.98 Å². The van der Waals surface area contributed by atoms with E-state index in [4.69, 9.17) is 10.6 Å². The lowest BCUT2D eigenvalue weighted by Gasteiger charge is -2.10. The number of benzene rings is 1. The van der Waals surface area contributed by atoms with Crippen molar-refractivity contribution in [3.8, 4) is 11.6 Å². The Morgan fingerprint density at radius 1 is 1.33 bits per heavy atom. The average molecular weight is 309 g/mol. The van der Waals surface area contributed by atoms with E-state index in [1.54, 1.807) is 6.20 Å². The number of hydrazine groups is 1. The Morgan fingerprint density at radius 3 is 2.78 bits per heavy atom. The van der Waals surface area contributed by atoms with Crippen LogP contribution in [0.3, 0.4) is 0 Å². The fraction of sp³-hybridized carbons (Fsp3) is 0.167. The molecule has 0 atom stereocenters. The van der Waals surface area contributed by atoms with Gasteiger partial charge >= 0.3 is 0 Å². The molecule has 1 aromatic heterocycles. The van der Waals surface area contributed by atoms with Crippen molar-refractivity contribution in [2.24, 2.45) is 5.84 Å². The minimum absolute atomic E-state index is 0.304. The van der Waals surface area contributed by atoms with Crippen molar-refractivity contribution in [2.45, 2.75) is 13.8 Å². The van der Waals surface area contributed by atoms with Crippen molar-refractivity contribution in [3.05, 3.63) is 40.0 Å². The van der Waals surface area contributed by atoms with Crippen molar-refractivity contribution in [1.82, 2.24) is 9.97 Å². The lowest BCUT2D eigenvalue weighted by atomic mass is 10.1. The zero-order valence-corrected chi connectivity index (χ0v) is 11.7. The van der Waals surface area contributed by atoms with E-state index >= 15 is 0 Å². The lowest BCUT2D eigenvalue weighted by Crippen LogP contribution is -2.10. The molecule has 18 heavy (non-hydrogen) atoms. The highest BCUT2D eigenvalue weighted by atomic mass is 79.9. The van der Waals surface area contributed by atoms with E-state index in [2.05, 4.69) is 31.3 Å². The molecule has 3 N–H and O–H groups in total. The Morgan fingerprint density at radius 2 is 2.11 bits per heavy atom. The molecule has 1 heterocycles. The van der Waals surface area contributed by atoms with E-state index in [9.17, 15) is 0 Å². The summed E-state index contributed by atoms with van der Waals surface area (Å²) in [6.07, 6.45) is 1.58. The monoisotopic (exact) mass is 308 g/mol. The molecular weight excluding hydrogens is 296 g/mol. The Kier molecular flexibility index (Phi) is 3.78. The molecule has 2 rings (SSSR count). The van der Waals surface area contributed by atoms with Gasteiger partial charge in [-0.15, -0.1) is 0 Å². The van der Waals surface area contributed by atoms with Crippen LogP contribution < -0.4 is 16.0 Å². The minimum Gasteiger partial charge on any atom is -0.437 e. The first-order valence-corrected chi connectivity index (χ1v) is 6.13. The Bertz CT molecular complexity index is 574. The normalized spacial score (nSPS) is 10.2. The number of aryl methyl sites for hydroxylation is 2. The number of aromatic nitrogens is 2. The third-order valence-electron chi connectivity index (χ3n) is 2.38. The van der Waals surface area contributed by atoms with Gasteiger partial charge in [-0.25, -0.2) is 10.8 Å². The first kappa shape index (κ1) is 12.8. The molecule has 5 nitrogen and oxygen atoms in total. The molecule has 0 radical (unpaired) electrons. The smallest absolute Gasteiger partial charge is 0.240 e. The zero-order chi connectivity index (χ0) is 13.1. The van der Waals surface area contributed by atoms with Crippen LogP contribution in [0.1, 0.15) is 11.1 Å². The van der Waals surface area contributed by atoms with E-state index in [1.165, 1.54) is 5.56 Å². The van der Waals surface area contributed by atoms with Crippen LogP contribution in [0.4, 0.5) is 5.95 Å². The van der Waals surface area contributed by atoms with Crippen LogP contribution in [0.25, 0.3) is 0 Å². The number of hydrogen-bond acceptors (Lipinski definition) is 5. The average Bonchev–Trinajstić information content (AvgIpc) is 2.35. The highest BCUT2D eigenvalue weighted by Gasteiger charge is 2.08. The maximum absolute atomic E-state index is 5.74. The SMILES string of the molecule is Cc1ccc(Oc2nc(NN)ncc2Br)c(C)c1. The third kappa shape index (κ3) is 2.77. The van der Waals surface area contributed by atoms with Crippen LogP contribution in [-0.4, -0.2) is 9.97 Å². The molecular formula is C12H13BrN4O. The lowest BCUT2D eigenvalue weighted by molar-refractivity contribution is 0.455. The number of anilines is 1. The Balaban J connectivity index is 2.33. The molecule has 0 aliphatic carbocycles. The van der Waals surface area contributed by atoms with Gasteiger partial charge in [0.25, 0.3) is 0 Å². The summed E-state index contributed by atoms with van der Waals surface area (Å²) >= 11 is 3.34. The minimum atomic E-state index is 0.304. The van der Waals surface area contributed by atoms with Gasteiger partial charge in [-0.3, -0.25) is 5.43 Å². The standard InChI is InChI=1S/C12H13BrN4O/c1-7-3-4-10(8(2)5-7)18-11-9(13)6-15-12(16-11)17-14/h3-6H,14H2,1-2H3,(H,15,16,17). The van der Waals surface area contributed by atoms with Gasteiger partial charge in [0, 0.05) is 0 Å². The van der Waals surface area contributed by atoms with Crippen molar-refractivity contribution >= 4 is 21.9 Å². The number of ether oxygens (including phenoxy) is 1. The maximum Gasteiger partial charge on any atom is 0.240 e. The molecule has 0 aliphatic rings. The molecule has 0 saturated carbocycles. The van der Waals surface area contributed by atoms with E-state index in [-0.39, 0.29) is 0 Å². The number of nitrogens with one attached hydrogen (secondary N) is 1. The summed E-state index contributed by atoms with van der Waals surface area (Å²) in [6.45, 7) is 4.02. The van der Waals surface area contributed by atoms with E-state index in [1.807, 2.05) is 32.0 Å². The molecule has 0 aliphatic heterocycles. The summed E-state index contributed by atoms with van der Waals surface area (Å²) in [4.78, 5) is 8.09. The number of nitrogen functional groups attached to an aromatic ring is 1. The fourth-order valence-corrected chi connectivity index (χ4v) is 1.78. The maximum atomic E-state index is 5.74. The van der Waals surface area contributed by atoms with Crippen LogP contribution in [0, 0.1) is 13.8 Å². The summed E-state index contributed by atoms with van der Waals surface area (Å²) in [5, 5.41) is 0. The molecule has 1 aromatic carbocycles. The Hall–Kier alpha value is -1.66. The second kappa shape index (κ2) is 5.32. The number of halogens is 1. The molecule has 0 bridgehead atoms. The number of hydrogen-bond donors (Lipinski definition) is 2. The van der Waals surface area contributed by atoms with Gasteiger partial charge < -0.3 is 4.74 Å². The molecule has 0 fully saturated rings. The first-order chi connectivity index (χ1) is 8.60. The molecule has 0 amide bonds. The summed E-state index contributed by atoms with van der Waals surface area (Å²) in [5.74, 6) is 6.74. The van der Waals surface area contributed by atoms with E-state index in [0.29, 0.717) is 16.3 Å². The van der Waals surface area contributed by atoms with Crippen molar-refractivity contribution in [1.29, 1.82) is 0 Å². The molecule has 6 heteroatoms. The van der Waals surface area contributed by atoms with Crippen LogP contribution in [0.5, 0.6) is 11.6 Å². The first-order valence-electron chi connectivity index (χ1n) is 5.34. The highest BCUT2D eigenvalue weighted by molar-refractivity contribution is 9.10. The van der Waals surface area contributed by atoms with Crippen molar-refractivity contribution in [2.75, 3.05) is 5.43 Å². The second-order valence-electron chi connectivity index (χ2n) is 3.86. The summed E-state index contributed by atoms with van der Waals surface area (Å²) in [5.41, 5.74) is 4.61. The number of nitrogens with zero attached hydrogens (tertiary/aromatic N) is 2. The van der Waals surface area contributed by atoms with Gasteiger partial charge in [-0.05, 0) is 41.4 Å². The van der Waals surface area contributed by atoms with Crippen LogP contribution in [0.15, 0.2) is 28.9 Å². The molecule has 0 saturated heterocycles. The van der Waals surface area contributed by atoms with E-state index in [0.717, 1.165) is 11.3 Å². The summed E-state index contributed by atoms with van der Waals surface area (Å²) in [7, 11) is 0. The molecule has 0 spiro atoms. The number of nitrogens with two attached hydrogens (primary N) is 1. The summed E-state index contributed by atoms with van der Waals surface area (Å²) in [6, 6.07) is 5.95. The predicted molar refractivity (Wildman–Crippen MR) is 73.5 cm³/mol. The topological polar surface area (TPSA) is 73.1 Å². The molecule has 2 aromatic rings. The number of rotatable bonds is 3. The Labute approximate surface area is 113 Å².